The van der Waals surface area contributed by atoms with Gasteiger partial charge in [-0.15, -0.1) is 0 Å². The summed E-state index contributed by atoms with van der Waals surface area (Å²) >= 11 is 0. The summed E-state index contributed by atoms with van der Waals surface area (Å²) in [5.41, 5.74) is 0. The summed E-state index contributed by atoms with van der Waals surface area (Å²) in [4.78, 5) is 38.4. The Morgan fingerprint density at radius 2 is 0.439 bits per heavy atom. The van der Waals surface area contributed by atoms with Crippen LogP contribution >= 0.6 is 0 Å². The predicted molar refractivity (Wildman–Crippen MR) is 358 cm³/mol. The molecule has 82 heavy (non-hydrogen) atoms. The minimum Gasteiger partial charge on any atom is -0.462 e. The number of ether oxygens (including phenoxy) is 3. The van der Waals surface area contributed by atoms with Gasteiger partial charge in [-0.2, -0.15) is 0 Å². The van der Waals surface area contributed by atoms with Gasteiger partial charge >= 0.3 is 17.9 Å². The second-order valence-electron chi connectivity index (χ2n) is 25.2. The predicted octanol–water partition coefficient (Wildman–Crippen LogP) is 25.5. The van der Waals surface area contributed by atoms with Crippen LogP contribution in [0.4, 0.5) is 0 Å². The molecule has 0 amide bonds. The lowest BCUT2D eigenvalue weighted by molar-refractivity contribution is -0.167. The van der Waals surface area contributed by atoms with Crippen LogP contribution in [0.5, 0.6) is 0 Å². The van der Waals surface area contributed by atoms with Crippen LogP contribution in [0.15, 0.2) is 36.5 Å². The molecule has 0 aromatic heterocycles. The molecule has 0 fully saturated rings. The number of hydrogen-bond donors (Lipinski definition) is 0. The highest BCUT2D eigenvalue weighted by atomic mass is 16.6. The van der Waals surface area contributed by atoms with E-state index in [1.54, 1.807) is 0 Å². The van der Waals surface area contributed by atoms with Crippen molar-refractivity contribution in [2.75, 3.05) is 13.2 Å². The van der Waals surface area contributed by atoms with Crippen molar-refractivity contribution >= 4 is 17.9 Å². The zero-order valence-corrected chi connectivity index (χ0v) is 55.5. The van der Waals surface area contributed by atoms with E-state index in [1.807, 2.05) is 0 Å². The molecule has 1 unspecified atom stereocenters. The van der Waals surface area contributed by atoms with Gasteiger partial charge < -0.3 is 14.2 Å². The number of unbranched alkanes of at least 4 members (excludes halogenated alkanes) is 52. The first-order chi connectivity index (χ1) is 40.5. The Kier molecular flexibility index (Phi) is 69.1. The Bertz CT molecular complexity index is 1370. The molecule has 0 N–H and O–H groups in total. The molecule has 0 aliphatic rings. The van der Waals surface area contributed by atoms with E-state index in [2.05, 4.69) is 57.2 Å². The van der Waals surface area contributed by atoms with Gasteiger partial charge in [-0.1, -0.05) is 372 Å². The number of esters is 3. The third-order valence-corrected chi connectivity index (χ3v) is 16.9. The molecule has 0 heterocycles. The molecule has 0 radical (unpaired) electrons. The molecule has 0 aliphatic carbocycles. The summed E-state index contributed by atoms with van der Waals surface area (Å²) in [6.07, 6.45) is 89.0. The van der Waals surface area contributed by atoms with Crippen LogP contribution in [0.1, 0.15) is 412 Å². The summed E-state index contributed by atoms with van der Waals surface area (Å²) in [6, 6.07) is 0. The van der Waals surface area contributed by atoms with Crippen LogP contribution in [-0.2, 0) is 28.6 Å². The van der Waals surface area contributed by atoms with Crippen molar-refractivity contribution in [2.45, 2.75) is 419 Å². The first-order valence-electron chi connectivity index (χ1n) is 37.0. The summed E-state index contributed by atoms with van der Waals surface area (Å²) in [7, 11) is 0. The van der Waals surface area contributed by atoms with Gasteiger partial charge in [0.25, 0.3) is 0 Å². The smallest absolute Gasteiger partial charge is 0.306 e. The first-order valence-corrected chi connectivity index (χ1v) is 37.0. The van der Waals surface area contributed by atoms with E-state index >= 15 is 0 Å². The van der Waals surface area contributed by atoms with Gasteiger partial charge in [0.15, 0.2) is 6.10 Å². The lowest BCUT2D eigenvalue weighted by Gasteiger charge is -2.18. The Balaban J connectivity index is 4.19. The molecule has 0 aliphatic heterocycles. The van der Waals surface area contributed by atoms with E-state index in [9.17, 15) is 14.4 Å². The highest BCUT2D eigenvalue weighted by Crippen LogP contribution is 2.19. The van der Waals surface area contributed by atoms with E-state index in [-0.39, 0.29) is 31.1 Å². The molecule has 0 aromatic rings. The summed E-state index contributed by atoms with van der Waals surface area (Å²) < 4.78 is 17.0. The Morgan fingerprint density at radius 1 is 0.244 bits per heavy atom. The molecule has 0 bridgehead atoms. The van der Waals surface area contributed by atoms with E-state index in [4.69, 9.17) is 14.2 Å². The molecular weight excluding hydrogens is 1010 g/mol. The van der Waals surface area contributed by atoms with Gasteiger partial charge in [0, 0.05) is 19.3 Å². The Hall–Kier alpha value is -2.37. The number of carbonyl (C=O) groups excluding carboxylic acids is 3. The zero-order chi connectivity index (χ0) is 59.2. The fourth-order valence-electron chi connectivity index (χ4n) is 11.3. The summed E-state index contributed by atoms with van der Waals surface area (Å²) in [5, 5.41) is 0. The second kappa shape index (κ2) is 71.1. The van der Waals surface area contributed by atoms with Crippen LogP contribution in [0, 0.1) is 0 Å². The standard InChI is InChI=1S/C76H142O6/c1-4-7-10-13-16-19-22-25-27-29-31-33-35-37-38-40-41-43-45-47-49-51-54-57-60-63-66-69-75(78)81-72-73(71-80-74(77)68-65-62-59-56-53-24-21-18-15-12-9-6-3)82-76(79)70-67-64-61-58-55-52-50-48-46-44-42-39-36-34-32-30-28-26-23-20-17-14-11-8-5-2/h23,26,30,32,36,39,73H,4-22,24-25,27-29,31,33-35,37-38,40-72H2,1-3H3/b26-23-,32-30-,39-36-. The van der Waals surface area contributed by atoms with Gasteiger partial charge in [-0.3, -0.25) is 14.4 Å². The molecule has 482 valence electrons. The molecule has 0 saturated carbocycles. The van der Waals surface area contributed by atoms with Crippen LogP contribution in [-0.4, -0.2) is 37.2 Å². The molecular formula is C76H142O6. The van der Waals surface area contributed by atoms with Crippen LogP contribution in [0.3, 0.4) is 0 Å². The van der Waals surface area contributed by atoms with E-state index in [0.717, 1.165) is 70.6 Å². The average Bonchev–Trinajstić information content (AvgIpc) is 3.47. The first kappa shape index (κ1) is 79.6. The molecule has 0 spiro atoms. The highest BCUT2D eigenvalue weighted by molar-refractivity contribution is 5.71. The number of hydrogen-bond acceptors (Lipinski definition) is 6. The molecule has 0 rings (SSSR count). The van der Waals surface area contributed by atoms with Crippen molar-refractivity contribution in [3.8, 4) is 0 Å². The third kappa shape index (κ3) is 68.4. The van der Waals surface area contributed by atoms with Crippen molar-refractivity contribution in [3.05, 3.63) is 36.5 Å². The quantitative estimate of drug-likeness (QED) is 0.0261. The third-order valence-electron chi connectivity index (χ3n) is 16.9. The van der Waals surface area contributed by atoms with Gasteiger partial charge in [0.05, 0.1) is 0 Å². The highest BCUT2D eigenvalue weighted by Gasteiger charge is 2.20. The van der Waals surface area contributed by atoms with E-state index in [1.165, 1.54) is 302 Å². The largest absolute Gasteiger partial charge is 0.462 e. The summed E-state index contributed by atoms with van der Waals surface area (Å²) in [5.74, 6) is -0.841. The minimum atomic E-state index is -0.772. The maximum absolute atomic E-state index is 13.0. The van der Waals surface area contributed by atoms with Crippen molar-refractivity contribution in [1.29, 1.82) is 0 Å². The van der Waals surface area contributed by atoms with Crippen LogP contribution < -0.4 is 0 Å². The van der Waals surface area contributed by atoms with Crippen molar-refractivity contribution < 1.29 is 28.6 Å². The molecule has 6 nitrogen and oxygen atoms in total. The zero-order valence-electron chi connectivity index (χ0n) is 55.5. The van der Waals surface area contributed by atoms with Crippen LogP contribution in [0.25, 0.3) is 0 Å². The maximum atomic E-state index is 13.0. The van der Waals surface area contributed by atoms with Gasteiger partial charge in [0.2, 0.25) is 0 Å². The maximum Gasteiger partial charge on any atom is 0.306 e. The SMILES string of the molecule is CCCCCCC/C=C\C/C=C\C/C=C\CCCCCCCCCCCCC(=O)OC(COC(=O)CCCCCCCCCCCCCC)COC(=O)CCCCCCCCCCCCCCCCCCCCCCCCCCCCC. The average molecular weight is 1150 g/mol. The molecule has 0 aromatic carbocycles. The monoisotopic (exact) mass is 1150 g/mol. The fraction of sp³-hybridized carbons (Fsp3) is 0.882. The summed E-state index contributed by atoms with van der Waals surface area (Å²) in [6.45, 7) is 6.70. The second-order valence-corrected chi connectivity index (χ2v) is 25.2. The minimum absolute atomic E-state index is 0.0675. The number of carbonyl (C=O) groups is 3. The Morgan fingerprint density at radius 3 is 0.683 bits per heavy atom. The topological polar surface area (TPSA) is 78.9 Å². The van der Waals surface area contributed by atoms with Gasteiger partial charge in [0.1, 0.15) is 13.2 Å². The van der Waals surface area contributed by atoms with Crippen molar-refractivity contribution in [3.63, 3.8) is 0 Å². The normalized spacial score (nSPS) is 12.2. The van der Waals surface area contributed by atoms with Gasteiger partial charge in [-0.05, 0) is 57.8 Å². The molecule has 1 atom stereocenters. The number of rotatable bonds is 69. The Labute approximate surface area is 512 Å². The lowest BCUT2D eigenvalue weighted by Crippen LogP contribution is -2.30. The van der Waals surface area contributed by atoms with Gasteiger partial charge in [-0.25, -0.2) is 0 Å². The van der Waals surface area contributed by atoms with Crippen molar-refractivity contribution in [1.82, 2.24) is 0 Å². The fourth-order valence-corrected chi connectivity index (χ4v) is 11.3. The van der Waals surface area contributed by atoms with E-state index < -0.39 is 6.10 Å². The van der Waals surface area contributed by atoms with Crippen LogP contribution in [0.2, 0.25) is 0 Å². The molecule has 0 saturated heterocycles. The van der Waals surface area contributed by atoms with E-state index in [0.29, 0.717) is 19.3 Å². The molecule has 6 heteroatoms. The lowest BCUT2D eigenvalue weighted by atomic mass is 10.0. The number of allylic oxidation sites excluding steroid dienone is 6. The van der Waals surface area contributed by atoms with Crippen molar-refractivity contribution in [2.24, 2.45) is 0 Å².